The van der Waals surface area contributed by atoms with Gasteiger partial charge in [0.25, 0.3) is 0 Å². The summed E-state index contributed by atoms with van der Waals surface area (Å²) in [7, 11) is 0. The average molecular weight is 393 g/mol. The first-order valence-corrected chi connectivity index (χ1v) is 8.34. The lowest BCUT2D eigenvalue weighted by atomic mass is 10.2. The Morgan fingerprint density at radius 2 is 1.82 bits per heavy atom. The molecule has 0 aliphatic carbocycles. The third-order valence-corrected chi connectivity index (χ3v) is 3.39. The van der Waals surface area contributed by atoms with Gasteiger partial charge in [0.1, 0.15) is 5.75 Å². The van der Waals surface area contributed by atoms with Gasteiger partial charge < -0.3 is 10.1 Å². The fraction of sp³-hybridized carbons (Fsp3) is 0.211. The Morgan fingerprint density at radius 3 is 2.46 bits per heavy atom. The maximum atomic E-state index is 12.7. The van der Waals surface area contributed by atoms with Crippen molar-refractivity contribution < 1.29 is 27.5 Å². The largest absolute Gasteiger partial charge is 0.494 e. The van der Waals surface area contributed by atoms with Crippen LogP contribution in [0.15, 0.2) is 53.6 Å². The van der Waals surface area contributed by atoms with Gasteiger partial charge >= 0.3 is 18.0 Å². The van der Waals surface area contributed by atoms with Gasteiger partial charge in [-0.2, -0.15) is 18.3 Å². The molecular weight excluding hydrogens is 375 g/mol. The molecule has 2 N–H and O–H groups in total. The maximum absolute atomic E-state index is 12.7. The van der Waals surface area contributed by atoms with Crippen molar-refractivity contribution in [3.8, 4) is 5.75 Å². The molecule has 0 heterocycles. The number of hydrazone groups is 1. The summed E-state index contributed by atoms with van der Waals surface area (Å²) in [6.45, 7) is 2.59. The first-order valence-electron chi connectivity index (χ1n) is 8.34. The number of nitrogens with zero attached hydrogens (tertiary/aromatic N) is 1. The third kappa shape index (κ3) is 6.42. The Bertz CT molecular complexity index is 849. The molecule has 0 atom stereocenters. The molecule has 0 aromatic heterocycles. The summed E-state index contributed by atoms with van der Waals surface area (Å²) in [4.78, 5) is 23.5. The van der Waals surface area contributed by atoms with Crippen LogP contribution in [0.3, 0.4) is 0 Å². The number of hydrogen-bond acceptors (Lipinski definition) is 4. The van der Waals surface area contributed by atoms with Crippen LogP contribution in [0.5, 0.6) is 5.75 Å². The predicted octanol–water partition coefficient (Wildman–Crippen LogP) is 3.58. The zero-order valence-electron chi connectivity index (χ0n) is 14.9. The fourth-order valence-electron chi connectivity index (χ4n) is 2.05. The van der Waals surface area contributed by atoms with Crippen LogP contribution in [-0.2, 0) is 15.8 Å². The van der Waals surface area contributed by atoms with Gasteiger partial charge in [0.05, 0.1) is 18.4 Å². The van der Waals surface area contributed by atoms with Crippen LogP contribution in [0.4, 0.5) is 18.9 Å². The number of nitrogens with one attached hydrogen (secondary N) is 2. The summed E-state index contributed by atoms with van der Waals surface area (Å²) in [6.07, 6.45) is -2.35. The van der Waals surface area contributed by atoms with Gasteiger partial charge in [-0.25, -0.2) is 5.43 Å². The third-order valence-electron chi connectivity index (χ3n) is 3.39. The normalized spacial score (nSPS) is 11.3. The standard InChI is InChI=1S/C19H18F3N3O3/c1-2-10-28-16-8-6-13(7-9-16)12-23-25-18(27)17(26)24-15-5-3-4-14(11-15)19(20,21)22/h3-9,11-12H,2,10H2,1H3,(H,24,26)(H,25,27)/b23-12-. The molecule has 0 fully saturated rings. The Labute approximate surface area is 159 Å². The maximum Gasteiger partial charge on any atom is 0.416 e. The Kier molecular flexibility index (Phi) is 7.14. The van der Waals surface area contributed by atoms with Crippen molar-refractivity contribution in [3.63, 3.8) is 0 Å². The van der Waals surface area contributed by atoms with Crippen molar-refractivity contribution in [2.24, 2.45) is 5.10 Å². The second-order valence-electron chi connectivity index (χ2n) is 5.65. The number of halogens is 3. The van der Waals surface area contributed by atoms with Crippen LogP contribution in [0, 0.1) is 0 Å². The van der Waals surface area contributed by atoms with E-state index in [1.54, 1.807) is 24.3 Å². The summed E-state index contributed by atoms with van der Waals surface area (Å²) in [5.41, 5.74) is 1.58. The molecule has 6 nitrogen and oxygen atoms in total. The minimum Gasteiger partial charge on any atom is -0.494 e. The number of carbonyl (C=O) groups is 2. The highest BCUT2D eigenvalue weighted by atomic mass is 19.4. The smallest absolute Gasteiger partial charge is 0.416 e. The molecule has 2 rings (SSSR count). The molecule has 0 saturated carbocycles. The van der Waals surface area contributed by atoms with Gasteiger partial charge in [-0.05, 0) is 54.4 Å². The van der Waals surface area contributed by atoms with Gasteiger partial charge in [0.2, 0.25) is 0 Å². The Hall–Kier alpha value is -3.36. The molecule has 0 aliphatic rings. The van der Waals surface area contributed by atoms with Crippen LogP contribution in [0.1, 0.15) is 24.5 Å². The fourth-order valence-corrected chi connectivity index (χ4v) is 2.05. The monoisotopic (exact) mass is 393 g/mol. The van der Waals surface area contributed by atoms with Gasteiger partial charge in [-0.1, -0.05) is 13.0 Å². The molecule has 0 saturated heterocycles. The van der Waals surface area contributed by atoms with Gasteiger partial charge in [-0.15, -0.1) is 0 Å². The topological polar surface area (TPSA) is 79.8 Å². The summed E-state index contributed by atoms with van der Waals surface area (Å²) in [6, 6.07) is 10.9. The van der Waals surface area contributed by atoms with Crippen LogP contribution in [0.25, 0.3) is 0 Å². The molecule has 0 spiro atoms. The number of rotatable bonds is 6. The van der Waals surface area contributed by atoms with Crippen LogP contribution in [-0.4, -0.2) is 24.6 Å². The van der Waals surface area contributed by atoms with Gasteiger partial charge in [0.15, 0.2) is 0 Å². The predicted molar refractivity (Wildman–Crippen MR) is 98.0 cm³/mol. The first-order chi connectivity index (χ1) is 13.3. The lowest BCUT2D eigenvalue weighted by Gasteiger charge is -2.09. The first kappa shape index (κ1) is 20.9. The minimum absolute atomic E-state index is 0.151. The summed E-state index contributed by atoms with van der Waals surface area (Å²) in [5, 5.41) is 5.74. The molecular formula is C19H18F3N3O3. The van der Waals surface area contributed by atoms with Crippen molar-refractivity contribution in [3.05, 3.63) is 59.7 Å². The van der Waals surface area contributed by atoms with E-state index in [0.717, 1.165) is 24.6 Å². The Balaban J connectivity index is 1.89. The second kappa shape index (κ2) is 9.54. The molecule has 2 amide bonds. The second-order valence-corrected chi connectivity index (χ2v) is 5.65. The van der Waals surface area contributed by atoms with E-state index in [9.17, 15) is 22.8 Å². The summed E-state index contributed by atoms with van der Waals surface area (Å²) >= 11 is 0. The van der Waals surface area contributed by atoms with Gasteiger partial charge in [0, 0.05) is 5.69 Å². The number of alkyl halides is 3. The summed E-state index contributed by atoms with van der Waals surface area (Å²) in [5.74, 6) is -1.56. The van der Waals surface area contributed by atoms with E-state index in [1.807, 2.05) is 12.3 Å². The van der Waals surface area contributed by atoms with E-state index in [0.29, 0.717) is 17.9 Å². The number of anilines is 1. The molecule has 148 valence electrons. The molecule has 28 heavy (non-hydrogen) atoms. The zero-order chi connectivity index (χ0) is 20.6. The highest BCUT2D eigenvalue weighted by Gasteiger charge is 2.30. The quantitative estimate of drug-likeness (QED) is 0.447. The molecule has 2 aromatic rings. The van der Waals surface area contributed by atoms with Crippen molar-refractivity contribution in [1.29, 1.82) is 0 Å². The van der Waals surface area contributed by atoms with E-state index in [1.165, 1.54) is 12.3 Å². The molecule has 0 radical (unpaired) electrons. The van der Waals surface area contributed by atoms with Crippen molar-refractivity contribution >= 4 is 23.7 Å². The van der Waals surface area contributed by atoms with Crippen molar-refractivity contribution in [1.82, 2.24) is 5.43 Å². The number of benzene rings is 2. The van der Waals surface area contributed by atoms with Crippen molar-refractivity contribution in [2.45, 2.75) is 19.5 Å². The lowest BCUT2D eigenvalue weighted by molar-refractivity contribution is -0.137. The SMILES string of the molecule is CCCOc1ccc(/C=N\NC(=O)C(=O)Nc2cccc(C(F)(F)F)c2)cc1. The number of carbonyl (C=O) groups excluding carboxylic acids is 2. The van der Waals surface area contributed by atoms with E-state index >= 15 is 0 Å². The number of amides is 2. The molecule has 2 aromatic carbocycles. The minimum atomic E-state index is -4.55. The van der Waals surface area contributed by atoms with Gasteiger partial charge in [-0.3, -0.25) is 9.59 Å². The molecule has 9 heteroatoms. The number of hydrogen-bond donors (Lipinski definition) is 2. The van der Waals surface area contributed by atoms with Crippen LogP contribution >= 0.6 is 0 Å². The van der Waals surface area contributed by atoms with E-state index < -0.39 is 23.6 Å². The van der Waals surface area contributed by atoms with Crippen LogP contribution in [0.2, 0.25) is 0 Å². The number of ether oxygens (including phenoxy) is 1. The van der Waals surface area contributed by atoms with E-state index in [-0.39, 0.29) is 5.69 Å². The molecule has 0 unspecified atom stereocenters. The average Bonchev–Trinajstić information content (AvgIpc) is 2.66. The molecule has 0 bridgehead atoms. The molecule has 0 aliphatic heterocycles. The zero-order valence-corrected chi connectivity index (χ0v) is 14.9. The Morgan fingerprint density at radius 1 is 1.11 bits per heavy atom. The highest BCUT2D eigenvalue weighted by Crippen LogP contribution is 2.30. The lowest BCUT2D eigenvalue weighted by Crippen LogP contribution is -2.32. The summed E-state index contributed by atoms with van der Waals surface area (Å²) < 4.78 is 43.4. The van der Waals surface area contributed by atoms with E-state index in [2.05, 4.69) is 10.4 Å². The van der Waals surface area contributed by atoms with E-state index in [4.69, 9.17) is 4.74 Å². The van der Waals surface area contributed by atoms with Crippen LogP contribution < -0.4 is 15.5 Å². The van der Waals surface area contributed by atoms with Crippen molar-refractivity contribution in [2.75, 3.05) is 11.9 Å². The highest BCUT2D eigenvalue weighted by molar-refractivity contribution is 6.39.